The molecule has 1 saturated carbocycles. The molecule has 0 radical (unpaired) electrons. The first-order valence-corrected chi connectivity index (χ1v) is 19.8. The van der Waals surface area contributed by atoms with Crippen molar-refractivity contribution < 1.29 is 19.1 Å². The molecule has 3 atom stereocenters. The van der Waals surface area contributed by atoms with Gasteiger partial charge in [-0.1, -0.05) is 69.7 Å². The lowest BCUT2D eigenvalue weighted by Crippen LogP contribution is -2.61. The molecule has 6 rings (SSSR count). The molecule has 3 saturated heterocycles. The van der Waals surface area contributed by atoms with E-state index in [1.54, 1.807) is 0 Å². The van der Waals surface area contributed by atoms with Crippen molar-refractivity contribution in [3.8, 4) is 11.1 Å². The monoisotopic (exact) mass is 686 g/mol. The SMILES string of the molecule is CCN(c1cc(-c2ccc(CN3CCOCC3)cc2)cc(C(=O)NCC2C(=O)NC(C)C3(CCCCCCCC3)C2C)c1C)C1CCOCC1. The molecule has 3 unspecified atom stereocenters. The molecule has 0 bridgehead atoms. The van der Waals surface area contributed by atoms with Crippen molar-refractivity contribution in [3.63, 3.8) is 0 Å². The second kappa shape index (κ2) is 17.1. The van der Waals surface area contributed by atoms with E-state index in [-0.39, 0.29) is 35.1 Å². The van der Waals surface area contributed by atoms with E-state index in [1.807, 2.05) is 0 Å². The number of carbonyl (C=O) groups is 2. The standard InChI is InChI=1S/C42H62N4O4/c1-5-46(36-16-22-49-23-17-36)39-27-35(34-14-12-33(13-15-34)29-45-20-24-50-25-21-45)26-37(30(39)2)40(47)43-28-38-31(3)42(32(4)44-41(38)48)18-10-8-6-7-9-11-19-42/h12-15,26-27,31-32,36,38H,5-11,16-25,28-29H2,1-4H3,(H,43,47)(H,44,48). The van der Waals surface area contributed by atoms with Gasteiger partial charge < -0.3 is 25.0 Å². The van der Waals surface area contributed by atoms with E-state index in [1.165, 1.54) is 44.1 Å². The molecule has 2 aromatic rings. The zero-order valence-electron chi connectivity index (χ0n) is 31.2. The van der Waals surface area contributed by atoms with Gasteiger partial charge in [0, 0.05) is 69.3 Å². The third-order valence-electron chi connectivity index (χ3n) is 12.8. The summed E-state index contributed by atoms with van der Waals surface area (Å²) in [4.78, 5) is 32.8. The summed E-state index contributed by atoms with van der Waals surface area (Å²) >= 11 is 0. The lowest BCUT2D eigenvalue weighted by Gasteiger charge is -2.51. The fraction of sp³-hybridized carbons (Fsp3) is 0.667. The second-order valence-electron chi connectivity index (χ2n) is 15.6. The third kappa shape index (κ3) is 8.24. The van der Waals surface area contributed by atoms with Gasteiger partial charge in [-0.2, -0.15) is 0 Å². The van der Waals surface area contributed by atoms with Gasteiger partial charge in [0.2, 0.25) is 5.91 Å². The summed E-state index contributed by atoms with van der Waals surface area (Å²) in [6, 6.07) is 13.7. The molecular weight excluding hydrogens is 624 g/mol. The second-order valence-corrected chi connectivity index (χ2v) is 15.6. The molecule has 8 heteroatoms. The van der Waals surface area contributed by atoms with E-state index in [9.17, 15) is 9.59 Å². The summed E-state index contributed by atoms with van der Waals surface area (Å²) in [5.74, 6) is -0.0597. The number of anilines is 1. The molecule has 1 spiro atoms. The van der Waals surface area contributed by atoms with Crippen LogP contribution in [0, 0.1) is 24.2 Å². The van der Waals surface area contributed by atoms with E-state index in [0.717, 1.165) is 101 Å². The van der Waals surface area contributed by atoms with Gasteiger partial charge in [0.05, 0.1) is 19.1 Å². The van der Waals surface area contributed by atoms with Crippen LogP contribution in [0.2, 0.25) is 0 Å². The van der Waals surface area contributed by atoms with Gasteiger partial charge in [-0.3, -0.25) is 14.5 Å². The van der Waals surface area contributed by atoms with Crippen molar-refractivity contribution in [2.75, 3.05) is 57.5 Å². The Labute approximate surface area is 301 Å². The minimum atomic E-state index is -0.243. The predicted molar refractivity (Wildman–Crippen MR) is 202 cm³/mol. The molecule has 8 nitrogen and oxygen atoms in total. The lowest BCUT2D eigenvalue weighted by molar-refractivity contribution is -0.137. The number of amides is 2. The molecule has 2 aromatic carbocycles. The van der Waals surface area contributed by atoms with Crippen molar-refractivity contribution in [1.29, 1.82) is 0 Å². The number of nitrogens with one attached hydrogen (secondary N) is 2. The normalized spacial score (nSPS) is 25.3. The fourth-order valence-corrected chi connectivity index (χ4v) is 9.52. The number of nitrogens with zero attached hydrogens (tertiary/aromatic N) is 2. The molecule has 2 amide bonds. The Morgan fingerprint density at radius 3 is 2.22 bits per heavy atom. The number of hydrogen-bond acceptors (Lipinski definition) is 6. The van der Waals surface area contributed by atoms with E-state index in [2.05, 4.69) is 84.5 Å². The summed E-state index contributed by atoms with van der Waals surface area (Å²) in [6.45, 7) is 15.9. The minimum absolute atomic E-state index is 0.0793. The molecular formula is C42H62N4O4. The van der Waals surface area contributed by atoms with E-state index in [0.29, 0.717) is 18.2 Å². The van der Waals surface area contributed by atoms with Crippen LogP contribution in [0.3, 0.4) is 0 Å². The molecule has 4 fully saturated rings. The zero-order chi connectivity index (χ0) is 35.1. The number of morpholine rings is 1. The molecule has 3 heterocycles. The highest BCUT2D eigenvalue weighted by Gasteiger charge is 2.50. The van der Waals surface area contributed by atoms with Crippen LogP contribution < -0.4 is 15.5 Å². The van der Waals surface area contributed by atoms with Gasteiger partial charge in [0.1, 0.15) is 0 Å². The first-order valence-electron chi connectivity index (χ1n) is 19.8. The number of ether oxygens (including phenoxy) is 2. The summed E-state index contributed by atoms with van der Waals surface area (Å²) < 4.78 is 11.3. The maximum atomic E-state index is 14.3. The van der Waals surface area contributed by atoms with Crippen LogP contribution in [0.15, 0.2) is 36.4 Å². The van der Waals surface area contributed by atoms with Gasteiger partial charge in [0.25, 0.3) is 5.91 Å². The Bertz CT molecular complexity index is 1420. The molecule has 274 valence electrons. The average molecular weight is 687 g/mol. The van der Waals surface area contributed by atoms with Gasteiger partial charge in [-0.15, -0.1) is 0 Å². The Hall–Kier alpha value is -2.94. The van der Waals surface area contributed by atoms with Crippen LogP contribution in [-0.4, -0.2) is 81.4 Å². The van der Waals surface area contributed by atoms with E-state index in [4.69, 9.17) is 9.47 Å². The Balaban J connectivity index is 1.26. The number of piperidine rings is 1. The molecule has 50 heavy (non-hydrogen) atoms. The summed E-state index contributed by atoms with van der Waals surface area (Å²) in [5, 5.41) is 6.67. The first-order chi connectivity index (χ1) is 24.3. The van der Waals surface area contributed by atoms with Crippen molar-refractivity contribution >= 4 is 17.5 Å². The summed E-state index contributed by atoms with van der Waals surface area (Å²) in [7, 11) is 0. The maximum Gasteiger partial charge on any atom is 0.251 e. The molecule has 2 N–H and O–H groups in total. The number of benzene rings is 2. The highest BCUT2D eigenvalue weighted by Crippen LogP contribution is 2.48. The van der Waals surface area contributed by atoms with Crippen molar-refractivity contribution in [3.05, 3.63) is 53.1 Å². The number of hydrogen-bond donors (Lipinski definition) is 2. The molecule has 0 aromatic heterocycles. The highest BCUT2D eigenvalue weighted by molar-refractivity contribution is 5.99. The minimum Gasteiger partial charge on any atom is -0.381 e. The highest BCUT2D eigenvalue weighted by atomic mass is 16.5. The van der Waals surface area contributed by atoms with Gasteiger partial charge in [-0.25, -0.2) is 0 Å². The van der Waals surface area contributed by atoms with Crippen LogP contribution in [0.4, 0.5) is 5.69 Å². The number of rotatable bonds is 9. The third-order valence-corrected chi connectivity index (χ3v) is 12.8. The summed E-state index contributed by atoms with van der Waals surface area (Å²) in [5.41, 5.74) is 6.30. The predicted octanol–water partition coefficient (Wildman–Crippen LogP) is 7.12. The Morgan fingerprint density at radius 2 is 1.56 bits per heavy atom. The van der Waals surface area contributed by atoms with Gasteiger partial charge in [-0.05, 0) is 92.2 Å². The van der Waals surface area contributed by atoms with Gasteiger partial charge in [0.15, 0.2) is 0 Å². The van der Waals surface area contributed by atoms with Crippen molar-refractivity contribution in [1.82, 2.24) is 15.5 Å². The van der Waals surface area contributed by atoms with E-state index < -0.39 is 0 Å². The lowest BCUT2D eigenvalue weighted by atomic mass is 9.59. The van der Waals surface area contributed by atoms with Gasteiger partial charge >= 0.3 is 0 Å². The zero-order valence-corrected chi connectivity index (χ0v) is 31.2. The molecule has 3 aliphatic heterocycles. The first kappa shape index (κ1) is 36.8. The van der Waals surface area contributed by atoms with Crippen LogP contribution in [0.1, 0.15) is 106 Å². The maximum absolute atomic E-state index is 14.3. The Morgan fingerprint density at radius 1 is 0.920 bits per heavy atom. The smallest absolute Gasteiger partial charge is 0.251 e. The Kier molecular flexibility index (Phi) is 12.6. The van der Waals surface area contributed by atoms with Crippen molar-refractivity contribution in [2.45, 2.75) is 111 Å². The van der Waals surface area contributed by atoms with Crippen LogP contribution >= 0.6 is 0 Å². The summed E-state index contributed by atoms with van der Waals surface area (Å²) in [6.07, 6.45) is 11.8. The topological polar surface area (TPSA) is 83.1 Å². The van der Waals surface area contributed by atoms with Crippen LogP contribution in [-0.2, 0) is 20.8 Å². The number of carbonyl (C=O) groups excluding carboxylic acids is 2. The largest absolute Gasteiger partial charge is 0.381 e. The van der Waals surface area contributed by atoms with Crippen LogP contribution in [0.25, 0.3) is 11.1 Å². The quantitative estimate of drug-likeness (QED) is 0.293. The molecule has 4 aliphatic rings. The average Bonchev–Trinajstić information content (AvgIpc) is 3.26. The molecule has 1 aliphatic carbocycles. The van der Waals surface area contributed by atoms with E-state index >= 15 is 0 Å². The van der Waals surface area contributed by atoms with Crippen LogP contribution in [0.5, 0.6) is 0 Å². The fourth-order valence-electron chi connectivity index (χ4n) is 9.52. The van der Waals surface area contributed by atoms with Crippen molar-refractivity contribution in [2.24, 2.45) is 17.3 Å².